The maximum absolute atomic E-state index is 12.8. The van der Waals surface area contributed by atoms with Gasteiger partial charge < -0.3 is 10.2 Å². The first kappa shape index (κ1) is 15.0. The van der Waals surface area contributed by atoms with Crippen LogP contribution in [-0.4, -0.2) is 42.5 Å². The molecule has 2 aromatic rings. The Morgan fingerprint density at radius 1 is 1.41 bits per heavy atom. The predicted octanol–water partition coefficient (Wildman–Crippen LogP) is 2.61. The van der Waals surface area contributed by atoms with Crippen LogP contribution >= 0.6 is 0 Å². The van der Waals surface area contributed by atoms with Crippen molar-refractivity contribution < 1.29 is 4.79 Å². The first-order valence-electron chi connectivity index (χ1n) is 7.99. The van der Waals surface area contributed by atoms with Crippen molar-refractivity contribution in [3.05, 3.63) is 41.6 Å². The van der Waals surface area contributed by atoms with Gasteiger partial charge in [-0.1, -0.05) is 18.2 Å². The van der Waals surface area contributed by atoms with Gasteiger partial charge in [0.05, 0.1) is 5.52 Å². The van der Waals surface area contributed by atoms with E-state index in [1.54, 1.807) is 0 Å². The average Bonchev–Trinajstić information content (AvgIpc) is 2.55. The van der Waals surface area contributed by atoms with E-state index in [1.165, 1.54) is 6.42 Å². The summed E-state index contributed by atoms with van der Waals surface area (Å²) < 4.78 is 0. The van der Waals surface area contributed by atoms with Crippen molar-refractivity contribution in [2.24, 2.45) is 5.92 Å². The summed E-state index contributed by atoms with van der Waals surface area (Å²) in [6.45, 7) is 4.68. The van der Waals surface area contributed by atoms with Gasteiger partial charge in [-0.15, -0.1) is 0 Å². The standard InChI is InChI=1S/C18H23N3O/c1-13-10-17(20-16-8-4-3-7-15(13)16)18(22)21-9-5-6-14(12-21)11-19-2/h3-4,7-8,10,14,19H,5-6,9,11-12H2,1-2H3/t14-/m0/s1. The minimum Gasteiger partial charge on any atom is -0.337 e. The fourth-order valence-electron chi connectivity index (χ4n) is 3.33. The summed E-state index contributed by atoms with van der Waals surface area (Å²) in [7, 11) is 1.97. The summed E-state index contributed by atoms with van der Waals surface area (Å²) in [5.74, 6) is 0.610. The zero-order chi connectivity index (χ0) is 15.5. The number of para-hydroxylation sites is 1. The summed E-state index contributed by atoms with van der Waals surface area (Å²) in [4.78, 5) is 19.3. The van der Waals surface area contributed by atoms with Crippen LogP contribution in [0.2, 0.25) is 0 Å². The maximum Gasteiger partial charge on any atom is 0.272 e. The Labute approximate surface area is 131 Å². The zero-order valence-electron chi connectivity index (χ0n) is 13.3. The molecule has 0 unspecified atom stereocenters. The summed E-state index contributed by atoms with van der Waals surface area (Å²) in [6, 6.07) is 9.92. The van der Waals surface area contributed by atoms with Crippen LogP contribution in [-0.2, 0) is 0 Å². The van der Waals surface area contributed by atoms with Crippen LogP contribution < -0.4 is 5.32 Å². The fraction of sp³-hybridized carbons (Fsp3) is 0.444. The third-order valence-electron chi connectivity index (χ3n) is 4.44. The molecule has 0 saturated carbocycles. The second-order valence-electron chi connectivity index (χ2n) is 6.16. The molecule has 1 aromatic carbocycles. The monoisotopic (exact) mass is 297 g/mol. The van der Waals surface area contributed by atoms with Crippen molar-refractivity contribution >= 4 is 16.8 Å². The van der Waals surface area contributed by atoms with Crippen molar-refractivity contribution in [2.75, 3.05) is 26.7 Å². The largest absolute Gasteiger partial charge is 0.337 e. The highest BCUT2D eigenvalue weighted by Crippen LogP contribution is 2.21. The van der Waals surface area contributed by atoms with E-state index in [9.17, 15) is 4.79 Å². The van der Waals surface area contributed by atoms with E-state index in [2.05, 4.69) is 16.4 Å². The molecular formula is C18H23N3O. The second-order valence-corrected chi connectivity index (χ2v) is 6.16. The van der Waals surface area contributed by atoms with Crippen LogP contribution in [0.15, 0.2) is 30.3 Å². The summed E-state index contributed by atoms with van der Waals surface area (Å²) in [6.07, 6.45) is 2.26. The van der Waals surface area contributed by atoms with E-state index in [4.69, 9.17) is 0 Å². The van der Waals surface area contributed by atoms with Crippen LogP contribution in [0.4, 0.5) is 0 Å². The van der Waals surface area contributed by atoms with E-state index in [-0.39, 0.29) is 5.91 Å². The Hall–Kier alpha value is -1.94. The summed E-state index contributed by atoms with van der Waals surface area (Å²) in [5, 5.41) is 4.33. The molecule has 1 amide bonds. The SMILES string of the molecule is CNC[C@@H]1CCCN(C(=O)c2cc(C)c3ccccc3n2)C1. The van der Waals surface area contributed by atoms with Crippen LogP contribution in [0.25, 0.3) is 10.9 Å². The molecule has 2 heterocycles. The number of nitrogens with zero attached hydrogens (tertiary/aromatic N) is 2. The number of likely N-dealkylation sites (tertiary alicyclic amines) is 1. The lowest BCUT2D eigenvalue weighted by Gasteiger charge is -2.32. The lowest BCUT2D eigenvalue weighted by Crippen LogP contribution is -2.42. The summed E-state index contributed by atoms with van der Waals surface area (Å²) >= 11 is 0. The number of hydrogen-bond acceptors (Lipinski definition) is 3. The Balaban J connectivity index is 1.85. The number of aromatic nitrogens is 1. The third-order valence-corrected chi connectivity index (χ3v) is 4.44. The van der Waals surface area contributed by atoms with Gasteiger partial charge in [-0.05, 0) is 57.0 Å². The van der Waals surface area contributed by atoms with E-state index in [0.717, 1.165) is 42.5 Å². The molecule has 1 aliphatic rings. The maximum atomic E-state index is 12.8. The fourth-order valence-corrected chi connectivity index (χ4v) is 3.33. The lowest BCUT2D eigenvalue weighted by molar-refractivity contribution is 0.0668. The first-order valence-corrected chi connectivity index (χ1v) is 7.99. The van der Waals surface area contributed by atoms with Gasteiger partial charge in [0.2, 0.25) is 0 Å². The number of hydrogen-bond donors (Lipinski definition) is 1. The van der Waals surface area contributed by atoms with Gasteiger partial charge in [-0.2, -0.15) is 0 Å². The van der Waals surface area contributed by atoms with E-state index in [1.807, 2.05) is 43.1 Å². The first-order chi connectivity index (χ1) is 10.7. The van der Waals surface area contributed by atoms with Crippen molar-refractivity contribution in [2.45, 2.75) is 19.8 Å². The molecule has 22 heavy (non-hydrogen) atoms. The van der Waals surface area contributed by atoms with Gasteiger partial charge in [0.15, 0.2) is 0 Å². The second kappa shape index (κ2) is 6.44. The summed E-state index contributed by atoms with van der Waals surface area (Å²) in [5.41, 5.74) is 2.58. The minimum atomic E-state index is 0.0645. The lowest BCUT2D eigenvalue weighted by atomic mass is 9.97. The van der Waals surface area contributed by atoms with Crippen molar-refractivity contribution in [1.82, 2.24) is 15.2 Å². The number of rotatable bonds is 3. The number of piperidine rings is 1. The molecule has 1 atom stereocenters. The molecule has 4 heteroatoms. The highest BCUT2D eigenvalue weighted by Gasteiger charge is 2.25. The quantitative estimate of drug-likeness (QED) is 0.947. The molecule has 1 N–H and O–H groups in total. The topological polar surface area (TPSA) is 45.2 Å². The number of aryl methyl sites for hydroxylation is 1. The Bertz CT molecular complexity index is 681. The molecule has 3 rings (SSSR count). The predicted molar refractivity (Wildman–Crippen MR) is 89.0 cm³/mol. The number of nitrogens with one attached hydrogen (secondary N) is 1. The van der Waals surface area contributed by atoms with Crippen molar-refractivity contribution in [3.63, 3.8) is 0 Å². The van der Waals surface area contributed by atoms with Crippen molar-refractivity contribution in [1.29, 1.82) is 0 Å². The van der Waals surface area contributed by atoms with Gasteiger partial charge >= 0.3 is 0 Å². The van der Waals surface area contributed by atoms with Crippen molar-refractivity contribution in [3.8, 4) is 0 Å². The molecule has 0 spiro atoms. The van der Waals surface area contributed by atoms with Gasteiger partial charge in [-0.25, -0.2) is 4.98 Å². The van der Waals surface area contributed by atoms with Crippen LogP contribution in [0.5, 0.6) is 0 Å². The van der Waals surface area contributed by atoms with Crippen LogP contribution in [0, 0.1) is 12.8 Å². The van der Waals surface area contributed by atoms with Gasteiger partial charge in [0.1, 0.15) is 5.69 Å². The molecule has 4 nitrogen and oxygen atoms in total. The van der Waals surface area contributed by atoms with Gasteiger partial charge in [0.25, 0.3) is 5.91 Å². The molecule has 0 radical (unpaired) electrons. The Morgan fingerprint density at radius 3 is 3.05 bits per heavy atom. The number of fused-ring (bicyclic) bond motifs is 1. The number of amides is 1. The average molecular weight is 297 g/mol. The van der Waals surface area contributed by atoms with E-state index >= 15 is 0 Å². The molecule has 116 valence electrons. The number of carbonyl (C=O) groups excluding carboxylic acids is 1. The van der Waals surface area contributed by atoms with Gasteiger partial charge in [-0.3, -0.25) is 4.79 Å². The Kier molecular flexibility index (Phi) is 4.39. The zero-order valence-corrected chi connectivity index (χ0v) is 13.3. The molecule has 0 aliphatic carbocycles. The molecule has 1 aromatic heterocycles. The third kappa shape index (κ3) is 2.97. The molecule has 1 saturated heterocycles. The number of carbonyl (C=O) groups is 1. The van der Waals surface area contributed by atoms with Gasteiger partial charge in [0, 0.05) is 18.5 Å². The Morgan fingerprint density at radius 2 is 2.23 bits per heavy atom. The van der Waals surface area contributed by atoms with Crippen LogP contribution in [0.3, 0.4) is 0 Å². The normalized spacial score (nSPS) is 18.6. The molecular weight excluding hydrogens is 274 g/mol. The highest BCUT2D eigenvalue weighted by atomic mass is 16.2. The molecule has 1 fully saturated rings. The van der Waals surface area contributed by atoms with E-state index in [0.29, 0.717) is 11.6 Å². The molecule has 1 aliphatic heterocycles. The number of pyridine rings is 1. The smallest absolute Gasteiger partial charge is 0.272 e. The number of benzene rings is 1. The highest BCUT2D eigenvalue weighted by molar-refractivity contribution is 5.96. The van der Waals surface area contributed by atoms with E-state index < -0.39 is 0 Å². The minimum absolute atomic E-state index is 0.0645. The van der Waals surface area contributed by atoms with Crippen LogP contribution in [0.1, 0.15) is 28.9 Å². The molecule has 0 bridgehead atoms.